The molecule has 3 rings (SSSR count). The van der Waals surface area contributed by atoms with E-state index in [1.54, 1.807) is 14.0 Å². The first kappa shape index (κ1) is 23.4. The molecule has 5 nitrogen and oxygen atoms in total. The summed E-state index contributed by atoms with van der Waals surface area (Å²) in [5.41, 5.74) is 2.07. The topological polar surface area (TPSA) is 78.8 Å². The van der Waals surface area contributed by atoms with Crippen molar-refractivity contribution in [3.63, 3.8) is 0 Å². The van der Waals surface area contributed by atoms with Gasteiger partial charge in [0.25, 0.3) is 0 Å². The van der Waals surface area contributed by atoms with Gasteiger partial charge in [0.2, 0.25) is 0 Å². The van der Waals surface area contributed by atoms with Gasteiger partial charge in [-0.15, -0.1) is 0 Å². The highest BCUT2D eigenvalue weighted by atomic mass is 16.5. The molecule has 30 heavy (non-hydrogen) atoms. The summed E-state index contributed by atoms with van der Waals surface area (Å²) in [6.07, 6.45) is 0.962. The Bertz CT molecular complexity index is 923. The van der Waals surface area contributed by atoms with Gasteiger partial charge in [0.15, 0.2) is 0 Å². The quantitative estimate of drug-likeness (QED) is 0.507. The van der Waals surface area contributed by atoms with Gasteiger partial charge in [-0.05, 0) is 47.4 Å². The Balaban J connectivity index is 0.000000222. The first-order chi connectivity index (χ1) is 14.5. The minimum absolute atomic E-state index is 0.212. The molecule has 2 unspecified atom stereocenters. The Morgan fingerprint density at radius 3 is 2.30 bits per heavy atom. The summed E-state index contributed by atoms with van der Waals surface area (Å²) in [6.45, 7) is 4.80. The molecule has 0 aromatic heterocycles. The van der Waals surface area contributed by atoms with Gasteiger partial charge in [0, 0.05) is 12.6 Å². The van der Waals surface area contributed by atoms with Gasteiger partial charge >= 0.3 is 5.97 Å². The zero-order chi connectivity index (χ0) is 21.9. The number of ether oxygens (including phenoxy) is 1. The predicted octanol–water partition coefficient (Wildman–Crippen LogP) is 4.58. The van der Waals surface area contributed by atoms with Crippen molar-refractivity contribution < 1.29 is 19.7 Å². The lowest BCUT2D eigenvalue weighted by atomic mass is 9.98. The van der Waals surface area contributed by atoms with Crippen molar-refractivity contribution in [2.24, 2.45) is 0 Å². The van der Waals surface area contributed by atoms with E-state index in [0.717, 1.165) is 35.1 Å². The van der Waals surface area contributed by atoms with Gasteiger partial charge in [-0.1, -0.05) is 61.5 Å². The van der Waals surface area contributed by atoms with E-state index in [1.165, 1.54) is 5.56 Å². The van der Waals surface area contributed by atoms with Gasteiger partial charge < -0.3 is 20.3 Å². The van der Waals surface area contributed by atoms with Crippen LogP contribution >= 0.6 is 0 Å². The number of carboxylic acids is 1. The number of benzene rings is 3. The number of rotatable bonds is 8. The first-order valence-electron chi connectivity index (χ1n) is 10.2. The van der Waals surface area contributed by atoms with Crippen LogP contribution in [0.5, 0.6) is 5.75 Å². The first-order valence-corrected chi connectivity index (χ1v) is 10.2. The van der Waals surface area contributed by atoms with E-state index < -0.39 is 11.9 Å². The second-order valence-electron chi connectivity index (χ2n) is 7.19. The van der Waals surface area contributed by atoms with Crippen LogP contribution in [-0.2, 0) is 11.3 Å². The smallest absolute Gasteiger partial charge is 0.310 e. The third-order valence-corrected chi connectivity index (χ3v) is 5.09. The third kappa shape index (κ3) is 6.87. The fourth-order valence-electron chi connectivity index (χ4n) is 2.98. The second kappa shape index (κ2) is 12.0. The molecule has 3 N–H and O–H groups in total. The Hall–Kier alpha value is -2.89. The largest absolute Gasteiger partial charge is 0.497 e. The number of fused-ring (bicyclic) bond motifs is 1. The average Bonchev–Trinajstić information content (AvgIpc) is 2.79. The van der Waals surface area contributed by atoms with Crippen LogP contribution in [0.3, 0.4) is 0 Å². The number of carbonyl (C=O) groups is 1. The second-order valence-corrected chi connectivity index (χ2v) is 7.19. The number of aliphatic hydroxyl groups is 1. The molecule has 0 saturated carbocycles. The SMILES string of the molecule is CCC(CO)NCc1ccccc1.COc1ccc2cc(C(C)C(=O)O)ccc2c1. The minimum atomic E-state index is -0.808. The predicted molar refractivity (Wildman–Crippen MR) is 121 cm³/mol. The molecule has 0 aliphatic rings. The molecule has 0 heterocycles. The zero-order valence-corrected chi connectivity index (χ0v) is 17.8. The maximum Gasteiger partial charge on any atom is 0.310 e. The number of aliphatic carboxylic acids is 1. The van der Waals surface area contributed by atoms with Gasteiger partial charge in [-0.3, -0.25) is 4.79 Å². The van der Waals surface area contributed by atoms with Crippen molar-refractivity contribution in [3.05, 3.63) is 77.9 Å². The molecule has 3 aromatic carbocycles. The van der Waals surface area contributed by atoms with Crippen molar-refractivity contribution in [1.29, 1.82) is 0 Å². The van der Waals surface area contributed by atoms with Crippen LogP contribution in [0.15, 0.2) is 66.7 Å². The summed E-state index contributed by atoms with van der Waals surface area (Å²) in [5.74, 6) is -0.490. The molecular formula is C25H31NO4. The Labute approximate surface area is 178 Å². The van der Waals surface area contributed by atoms with Gasteiger partial charge in [0.05, 0.1) is 19.6 Å². The van der Waals surface area contributed by atoms with Crippen molar-refractivity contribution >= 4 is 16.7 Å². The van der Waals surface area contributed by atoms with Crippen LogP contribution in [0.25, 0.3) is 10.8 Å². The van der Waals surface area contributed by atoms with Gasteiger partial charge in [0.1, 0.15) is 5.75 Å². The van der Waals surface area contributed by atoms with Crippen LogP contribution in [0, 0.1) is 0 Å². The van der Waals surface area contributed by atoms with Crippen LogP contribution in [0.2, 0.25) is 0 Å². The molecule has 0 saturated heterocycles. The van der Waals surface area contributed by atoms with Crippen LogP contribution in [0.4, 0.5) is 0 Å². The highest BCUT2D eigenvalue weighted by Crippen LogP contribution is 2.25. The molecule has 0 amide bonds. The van der Waals surface area contributed by atoms with Crippen molar-refractivity contribution in [3.8, 4) is 5.75 Å². The fraction of sp³-hybridized carbons (Fsp3) is 0.320. The number of aliphatic hydroxyl groups excluding tert-OH is 1. The van der Waals surface area contributed by atoms with Gasteiger partial charge in [-0.25, -0.2) is 0 Å². The maximum atomic E-state index is 10.9. The lowest BCUT2D eigenvalue weighted by molar-refractivity contribution is -0.138. The highest BCUT2D eigenvalue weighted by Gasteiger charge is 2.13. The van der Waals surface area contributed by atoms with E-state index in [9.17, 15) is 4.79 Å². The highest BCUT2D eigenvalue weighted by molar-refractivity contribution is 5.86. The van der Waals surface area contributed by atoms with E-state index in [0.29, 0.717) is 0 Å². The van der Waals surface area contributed by atoms with Crippen molar-refractivity contribution in [2.75, 3.05) is 13.7 Å². The number of carboxylic acid groups (broad SMARTS) is 1. The molecule has 0 bridgehead atoms. The number of hydrogen-bond acceptors (Lipinski definition) is 4. The lowest BCUT2D eigenvalue weighted by Crippen LogP contribution is -2.31. The lowest BCUT2D eigenvalue weighted by Gasteiger charge is -2.13. The van der Waals surface area contributed by atoms with Crippen LogP contribution < -0.4 is 10.1 Å². The Kier molecular flexibility index (Phi) is 9.32. The summed E-state index contributed by atoms with van der Waals surface area (Å²) in [5, 5.41) is 23.3. The van der Waals surface area contributed by atoms with Gasteiger partial charge in [-0.2, -0.15) is 0 Å². The normalized spacial score (nSPS) is 12.5. The van der Waals surface area contributed by atoms with Crippen molar-refractivity contribution in [2.45, 2.75) is 38.8 Å². The zero-order valence-electron chi connectivity index (χ0n) is 17.8. The fourth-order valence-corrected chi connectivity index (χ4v) is 2.98. The molecule has 160 valence electrons. The standard InChI is InChI=1S/C14H14O3.C11H17NO/c1-9(14(15)16)10-3-4-12-8-13(17-2)6-5-11(12)7-10;1-2-11(9-13)12-8-10-6-4-3-5-7-10/h3-9H,1-2H3,(H,15,16);3-7,11-13H,2,8-9H2,1H3. The molecule has 5 heteroatoms. The molecule has 0 spiro atoms. The van der Waals surface area contributed by atoms with Crippen LogP contribution in [0.1, 0.15) is 37.3 Å². The summed E-state index contributed by atoms with van der Waals surface area (Å²) in [7, 11) is 1.63. The summed E-state index contributed by atoms with van der Waals surface area (Å²) in [6, 6.07) is 21.9. The number of nitrogens with one attached hydrogen (secondary N) is 1. The summed E-state index contributed by atoms with van der Waals surface area (Å²) < 4.78 is 5.14. The molecule has 0 aliphatic heterocycles. The Morgan fingerprint density at radius 1 is 1.03 bits per heavy atom. The molecule has 0 fully saturated rings. The summed E-state index contributed by atoms with van der Waals surface area (Å²) >= 11 is 0. The van der Waals surface area contributed by atoms with E-state index in [-0.39, 0.29) is 12.6 Å². The van der Waals surface area contributed by atoms with E-state index in [2.05, 4.69) is 24.4 Å². The van der Waals surface area contributed by atoms with Crippen LogP contribution in [-0.4, -0.2) is 35.9 Å². The monoisotopic (exact) mass is 409 g/mol. The maximum absolute atomic E-state index is 10.9. The van der Waals surface area contributed by atoms with E-state index in [4.69, 9.17) is 14.9 Å². The minimum Gasteiger partial charge on any atom is -0.497 e. The third-order valence-electron chi connectivity index (χ3n) is 5.09. The van der Waals surface area contributed by atoms with E-state index in [1.807, 2.05) is 54.6 Å². The average molecular weight is 410 g/mol. The molecule has 2 atom stereocenters. The molecular weight excluding hydrogens is 378 g/mol. The molecule has 0 aliphatic carbocycles. The number of methoxy groups -OCH3 is 1. The summed E-state index contributed by atoms with van der Waals surface area (Å²) in [4.78, 5) is 10.9. The molecule has 0 radical (unpaired) electrons. The van der Waals surface area contributed by atoms with Crippen molar-refractivity contribution in [1.82, 2.24) is 5.32 Å². The Morgan fingerprint density at radius 2 is 1.70 bits per heavy atom. The van der Waals surface area contributed by atoms with E-state index >= 15 is 0 Å². The molecule has 3 aromatic rings. The number of hydrogen-bond donors (Lipinski definition) is 3.